The normalized spacial score (nSPS) is 11.0. The monoisotopic (exact) mass is 444 g/mol. The van der Waals surface area contributed by atoms with Gasteiger partial charge in [0.05, 0.1) is 5.69 Å². The lowest BCUT2D eigenvalue weighted by atomic mass is 10.0. The highest BCUT2D eigenvalue weighted by molar-refractivity contribution is 5.94. The second-order valence-corrected chi connectivity index (χ2v) is 8.64. The quantitative estimate of drug-likeness (QED) is 0.457. The molecule has 1 N–H and O–H groups in total. The summed E-state index contributed by atoms with van der Waals surface area (Å²) in [5, 5.41) is 2.90. The van der Waals surface area contributed by atoms with E-state index in [1.54, 1.807) is 6.08 Å². The van der Waals surface area contributed by atoms with Gasteiger partial charge in [-0.05, 0) is 23.6 Å². The lowest BCUT2D eigenvalue weighted by molar-refractivity contribution is -0.136. The van der Waals surface area contributed by atoms with E-state index in [0.717, 1.165) is 16.9 Å². The van der Waals surface area contributed by atoms with E-state index < -0.39 is 0 Å². The zero-order valence-corrected chi connectivity index (χ0v) is 19.8. The van der Waals surface area contributed by atoms with E-state index in [0.29, 0.717) is 18.4 Å². The van der Waals surface area contributed by atoms with Crippen molar-refractivity contribution in [2.45, 2.75) is 33.6 Å². The summed E-state index contributed by atoms with van der Waals surface area (Å²) in [6.45, 7) is 11.9. The Morgan fingerprint density at radius 1 is 1.06 bits per heavy atom. The fraction of sp³-hybridized carbons (Fsp3) is 0.296. The summed E-state index contributed by atoms with van der Waals surface area (Å²) in [5.74, 6) is 0.226. The van der Waals surface area contributed by atoms with Crippen LogP contribution in [0.15, 0.2) is 73.4 Å². The third-order valence-electron chi connectivity index (χ3n) is 5.35. The Kier molecular flexibility index (Phi) is 7.83. The van der Waals surface area contributed by atoms with Crippen molar-refractivity contribution in [3.05, 3.63) is 79.0 Å². The topological polar surface area (TPSA) is 67.2 Å². The number of anilines is 1. The molecule has 0 saturated heterocycles. The predicted octanol–water partition coefficient (Wildman–Crippen LogP) is 5.27. The SMILES string of the molecule is C=CCN(CC(=O)Nc1nc(-c2ccccc2)cn1-c1ccc(C(C)C)cc1)C(=O)C(C)C. The molecular weight excluding hydrogens is 412 g/mol. The maximum atomic E-state index is 12.9. The average Bonchev–Trinajstić information content (AvgIpc) is 3.22. The largest absolute Gasteiger partial charge is 0.329 e. The number of imidazole rings is 1. The van der Waals surface area contributed by atoms with Gasteiger partial charge in [-0.2, -0.15) is 0 Å². The van der Waals surface area contributed by atoms with Crippen molar-refractivity contribution < 1.29 is 9.59 Å². The van der Waals surface area contributed by atoms with Crippen molar-refractivity contribution >= 4 is 17.8 Å². The highest BCUT2D eigenvalue weighted by Crippen LogP contribution is 2.25. The van der Waals surface area contributed by atoms with Crippen molar-refractivity contribution in [2.75, 3.05) is 18.4 Å². The van der Waals surface area contributed by atoms with Crippen LogP contribution in [0.1, 0.15) is 39.2 Å². The number of rotatable bonds is 9. The minimum atomic E-state index is -0.309. The molecule has 1 aromatic heterocycles. The van der Waals surface area contributed by atoms with Crippen LogP contribution in [0.4, 0.5) is 5.95 Å². The summed E-state index contributed by atoms with van der Waals surface area (Å²) < 4.78 is 1.87. The summed E-state index contributed by atoms with van der Waals surface area (Å²) >= 11 is 0. The molecule has 0 aliphatic heterocycles. The second-order valence-electron chi connectivity index (χ2n) is 8.64. The molecule has 33 heavy (non-hydrogen) atoms. The number of carbonyl (C=O) groups excluding carboxylic acids is 2. The van der Waals surface area contributed by atoms with Crippen molar-refractivity contribution in [1.29, 1.82) is 0 Å². The third kappa shape index (κ3) is 5.98. The van der Waals surface area contributed by atoms with Crippen LogP contribution in [0.2, 0.25) is 0 Å². The van der Waals surface area contributed by atoms with Crippen LogP contribution in [0.25, 0.3) is 16.9 Å². The van der Waals surface area contributed by atoms with Crippen LogP contribution in [0, 0.1) is 5.92 Å². The average molecular weight is 445 g/mol. The minimum absolute atomic E-state index is 0.0666. The lowest BCUT2D eigenvalue weighted by Gasteiger charge is -2.22. The van der Waals surface area contributed by atoms with Crippen LogP contribution in [0.5, 0.6) is 0 Å². The fourth-order valence-corrected chi connectivity index (χ4v) is 3.52. The molecule has 0 aliphatic carbocycles. The van der Waals surface area contributed by atoms with Crippen molar-refractivity contribution in [1.82, 2.24) is 14.5 Å². The highest BCUT2D eigenvalue weighted by atomic mass is 16.2. The van der Waals surface area contributed by atoms with Gasteiger partial charge in [0.1, 0.15) is 6.54 Å². The van der Waals surface area contributed by atoms with Gasteiger partial charge in [0, 0.05) is 29.9 Å². The summed E-state index contributed by atoms with van der Waals surface area (Å²) in [6, 6.07) is 18.0. The van der Waals surface area contributed by atoms with E-state index in [1.165, 1.54) is 10.5 Å². The number of hydrogen-bond acceptors (Lipinski definition) is 3. The molecule has 2 aromatic carbocycles. The van der Waals surface area contributed by atoms with Gasteiger partial charge in [-0.25, -0.2) is 4.98 Å². The van der Waals surface area contributed by atoms with Crippen molar-refractivity contribution in [3.63, 3.8) is 0 Å². The predicted molar refractivity (Wildman–Crippen MR) is 133 cm³/mol. The first-order valence-corrected chi connectivity index (χ1v) is 11.2. The van der Waals surface area contributed by atoms with Gasteiger partial charge in [0.15, 0.2) is 0 Å². The van der Waals surface area contributed by atoms with Crippen LogP contribution in [-0.4, -0.2) is 39.4 Å². The number of nitrogens with zero attached hydrogens (tertiary/aromatic N) is 3. The van der Waals surface area contributed by atoms with Crippen LogP contribution in [0.3, 0.4) is 0 Å². The van der Waals surface area contributed by atoms with E-state index in [-0.39, 0.29) is 24.3 Å². The van der Waals surface area contributed by atoms with E-state index in [9.17, 15) is 9.59 Å². The standard InChI is InChI=1S/C27H32N4O2/c1-6-16-30(26(33)20(4)5)18-25(32)29-27-28-24(22-10-8-7-9-11-22)17-31(27)23-14-12-21(13-15-23)19(2)3/h6-15,17,19-20H,1,16,18H2,2-5H3,(H,28,29,32). The number of amides is 2. The molecule has 6 nitrogen and oxygen atoms in total. The summed E-state index contributed by atoms with van der Waals surface area (Å²) in [7, 11) is 0. The first kappa shape index (κ1) is 24.0. The Balaban J connectivity index is 1.92. The molecule has 0 saturated carbocycles. The number of benzene rings is 2. The molecule has 0 fully saturated rings. The Bertz CT molecular complexity index is 1100. The minimum Gasteiger partial charge on any atom is -0.329 e. The molecule has 0 unspecified atom stereocenters. The zero-order chi connectivity index (χ0) is 24.0. The molecule has 0 radical (unpaired) electrons. The van der Waals surface area contributed by atoms with E-state index in [4.69, 9.17) is 4.98 Å². The zero-order valence-electron chi connectivity index (χ0n) is 19.8. The first-order valence-electron chi connectivity index (χ1n) is 11.2. The molecule has 3 aromatic rings. The third-order valence-corrected chi connectivity index (χ3v) is 5.35. The van der Waals surface area contributed by atoms with Gasteiger partial charge in [-0.3, -0.25) is 19.5 Å². The van der Waals surface area contributed by atoms with E-state index >= 15 is 0 Å². The number of hydrogen-bond donors (Lipinski definition) is 1. The Morgan fingerprint density at radius 2 is 1.73 bits per heavy atom. The Labute approximate surface area is 196 Å². The van der Waals surface area contributed by atoms with Gasteiger partial charge < -0.3 is 4.90 Å². The van der Waals surface area contributed by atoms with Gasteiger partial charge in [-0.1, -0.05) is 76.2 Å². The molecular formula is C27H32N4O2. The Hall–Kier alpha value is -3.67. The molecule has 0 atom stereocenters. The molecule has 0 bridgehead atoms. The molecule has 172 valence electrons. The van der Waals surface area contributed by atoms with Crippen LogP contribution >= 0.6 is 0 Å². The van der Waals surface area contributed by atoms with Gasteiger partial charge in [0.25, 0.3) is 0 Å². The smallest absolute Gasteiger partial charge is 0.246 e. The number of carbonyl (C=O) groups is 2. The first-order chi connectivity index (χ1) is 15.8. The van der Waals surface area contributed by atoms with Gasteiger partial charge in [0.2, 0.25) is 17.8 Å². The molecule has 1 heterocycles. The highest BCUT2D eigenvalue weighted by Gasteiger charge is 2.20. The molecule has 0 aliphatic rings. The Morgan fingerprint density at radius 3 is 2.30 bits per heavy atom. The van der Waals surface area contributed by atoms with Crippen molar-refractivity contribution in [2.24, 2.45) is 5.92 Å². The van der Waals surface area contributed by atoms with E-state index in [1.807, 2.05) is 67.1 Å². The van der Waals surface area contributed by atoms with E-state index in [2.05, 4.69) is 37.9 Å². The second kappa shape index (κ2) is 10.8. The maximum Gasteiger partial charge on any atom is 0.246 e. The summed E-state index contributed by atoms with van der Waals surface area (Å²) in [5.41, 5.74) is 3.83. The molecule has 3 rings (SSSR count). The van der Waals surface area contributed by atoms with Crippen LogP contribution in [-0.2, 0) is 9.59 Å². The fourth-order valence-electron chi connectivity index (χ4n) is 3.52. The number of nitrogens with one attached hydrogen (secondary N) is 1. The lowest BCUT2D eigenvalue weighted by Crippen LogP contribution is -2.40. The summed E-state index contributed by atoms with van der Waals surface area (Å²) in [4.78, 5) is 31.6. The molecule has 6 heteroatoms. The molecule has 0 spiro atoms. The van der Waals surface area contributed by atoms with Crippen molar-refractivity contribution in [3.8, 4) is 16.9 Å². The maximum absolute atomic E-state index is 12.9. The number of aromatic nitrogens is 2. The molecule has 2 amide bonds. The van der Waals surface area contributed by atoms with Gasteiger partial charge in [-0.15, -0.1) is 6.58 Å². The summed E-state index contributed by atoms with van der Waals surface area (Å²) in [6.07, 6.45) is 3.54. The van der Waals surface area contributed by atoms with Crippen LogP contribution < -0.4 is 5.32 Å². The van der Waals surface area contributed by atoms with Gasteiger partial charge >= 0.3 is 0 Å².